The molecular weight excluding hydrogens is 486 g/mol. The Kier molecular flexibility index (Phi) is 10.4. The van der Waals surface area contributed by atoms with E-state index in [0.717, 1.165) is 24.0 Å². The number of rotatable bonds is 9. The van der Waals surface area contributed by atoms with Crippen LogP contribution in [-0.4, -0.2) is 53.4 Å². The minimum atomic E-state index is -0.916. The zero-order valence-electron chi connectivity index (χ0n) is 21.4. The Balaban J connectivity index is 1.80. The molecule has 7 nitrogen and oxygen atoms in total. The van der Waals surface area contributed by atoms with Gasteiger partial charge >= 0.3 is 6.09 Å². The number of allylic oxidation sites excluding steroid dienone is 2. The van der Waals surface area contributed by atoms with Crippen molar-refractivity contribution in [3.63, 3.8) is 0 Å². The second-order valence-electron chi connectivity index (χ2n) is 8.99. The Morgan fingerprint density at radius 1 is 1.16 bits per heavy atom. The summed E-state index contributed by atoms with van der Waals surface area (Å²) < 4.78 is 5.64. The topological polar surface area (TPSA) is 90.9 Å². The number of benzene rings is 2. The van der Waals surface area contributed by atoms with Gasteiger partial charge in [-0.05, 0) is 48.8 Å². The number of thiocarbonyl (C=S) groups is 1. The van der Waals surface area contributed by atoms with Crippen molar-refractivity contribution >= 4 is 29.3 Å². The summed E-state index contributed by atoms with van der Waals surface area (Å²) in [5.74, 6) is -0.730. The minimum absolute atomic E-state index is 0.115. The molecule has 0 saturated carbocycles. The van der Waals surface area contributed by atoms with Gasteiger partial charge in [-0.15, -0.1) is 0 Å². The molecule has 3 N–H and O–H groups in total. The van der Waals surface area contributed by atoms with Crippen molar-refractivity contribution in [2.45, 2.75) is 32.2 Å². The number of carbonyl (C=O) groups is 2. The monoisotopic (exact) mass is 521 g/mol. The molecule has 1 aliphatic rings. The maximum Gasteiger partial charge on any atom is 0.410 e. The molecule has 0 aromatic heterocycles. The molecule has 8 heteroatoms. The highest BCUT2D eigenvalue weighted by Gasteiger charge is 2.50. The molecule has 1 aliphatic heterocycles. The molecule has 3 rings (SSSR count). The lowest BCUT2D eigenvalue weighted by Crippen LogP contribution is -2.56. The van der Waals surface area contributed by atoms with Gasteiger partial charge in [0.05, 0.1) is 18.7 Å². The molecule has 2 unspecified atom stereocenters. The van der Waals surface area contributed by atoms with Crippen LogP contribution >= 0.6 is 12.2 Å². The van der Waals surface area contributed by atoms with Gasteiger partial charge in [0.1, 0.15) is 6.61 Å². The molecule has 2 aromatic carbocycles. The molecule has 0 bridgehead atoms. The van der Waals surface area contributed by atoms with Gasteiger partial charge in [-0.2, -0.15) is 0 Å². The zero-order chi connectivity index (χ0) is 26.7. The molecule has 2 aromatic rings. The number of nitrogens with one attached hydrogen (secondary N) is 2. The third-order valence-electron chi connectivity index (χ3n) is 6.38. The molecule has 37 heavy (non-hydrogen) atoms. The van der Waals surface area contributed by atoms with Gasteiger partial charge in [-0.25, -0.2) is 4.79 Å². The van der Waals surface area contributed by atoms with Crippen LogP contribution in [0.1, 0.15) is 42.6 Å². The summed E-state index contributed by atoms with van der Waals surface area (Å²) in [6.07, 6.45) is 7.36. The summed E-state index contributed by atoms with van der Waals surface area (Å²) in [6.45, 7) is 4.47. The van der Waals surface area contributed by atoms with E-state index in [2.05, 4.69) is 23.6 Å². The van der Waals surface area contributed by atoms with Crippen LogP contribution in [-0.2, 0) is 10.3 Å². The predicted molar refractivity (Wildman–Crippen MR) is 149 cm³/mol. The number of likely N-dealkylation sites (tertiary alicyclic amines) is 1. The number of unbranched alkanes of at least 4 members (excludes halogenated alkanes) is 1. The van der Waals surface area contributed by atoms with Crippen LogP contribution in [0.15, 0.2) is 84.5 Å². The lowest BCUT2D eigenvalue weighted by atomic mass is 9.81. The predicted octanol–water partition coefficient (Wildman–Crippen LogP) is 4.55. The summed E-state index contributed by atoms with van der Waals surface area (Å²) in [5, 5.41) is 16.5. The lowest BCUT2D eigenvalue weighted by molar-refractivity contribution is 0.0974. The largest absolute Gasteiger partial charge is 0.445 e. The Morgan fingerprint density at radius 3 is 2.46 bits per heavy atom. The first-order valence-corrected chi connectivity index (χ1v) is 12.9. The highest BCUT2D eigenvalue weighted by Crippen LogP contribution is 2.37. The third-order valence-corrected chi connectivity index (χ3v) is 6.59. The molecule has 2 atom stereocenters. The number of ether oxygens (including phenoxy) is 1. The Hall–Kier alpha value is -3.49. The zero-order valence-corrected chi connectivity index (χ0v) is 22.2. The van der Waals surface area contributed by atoms with Crippen molar-refractivity contribution in [2.24, 2.45) is 5.92 Å². The van der Waals surface area contributed by atoms with Crippen LogP contribution in [0.4, 0.5) is 4.79 Å². The van der Waals surface area contributed by atoms with E-state index in [0.29, 0.717) is 5.56 Å². The molecule has 0 spiro atoms. The van der Waals surface area contributed by atoms with E-state index >= 15 is 0 Å². The third kappa shape index (κ3) is 7.27. The van der Waals surface area contributed by atoms with Crippen LogP contribution in [0.5, 0.6) is 0 Å². The molecule has 196 valence electrons. The second kappa shape index (κ2) is 13.7. The van der Waals surface area contributed by atoms with Crippen molar-refractivity contribution in [1.82, 2.24) is 15.5 Å². The molecular formula is C29H35N3O4S. The normalized spacial score (nSPS) is 19.6. The van der Waals surface area contributed by atoms with E-state index in [1.165, 1.54) is 0 Å². The SMILES string of the molecule is CC=CC(=CCCC)COC(=O)N1CC(CO)C(NC(=S)NC(=O)c2ccccc2)(c2ccccc2)C1. The van der Waals surface area contributed by atoms with Crippen molar-refractivity contribution in [1.29, 1.82) is 0 Å². The van der Waals surface area contributed by atoms with E-state index < -0.39 is 11.6 Å². The molecule has 0 radical (unpaired) electrons. The lowest BCUT2D eigenvalue weighted by Gasteiger charge is -2.36. The maximum absolute atomic E-state index is 13.1. The van der Waals surface area contributed by atoms with Crippen LogP contribution in [0.25, 0.3) is 0 Å². The van der Waals surface area contributed by atoms with Gasteiger partial charge in [-0.3, -0.25) is 10.1 Å². The van der Waals surface area contributed by atoms with Crippen LogP contribution < -0.4 is 10.6 Å². The van der Waals surface area contributed by atoms with Gasteiger partial charge in [-0.1, -0.05) is 80.1 Å². The first-order chi connectivity index (χ1) is 17.9. The maximum atomic E-state index is 13.1. The highest BCUT2D eigenvalue weighted by molar-refractivity contribution is 7.80. The van der Waals surface area contributed by atoms with Gasteiger partial charge in [0.2, 0.25) is 0 Å². The molecule has 0 aliphatic carbocycles. The van der Waals surface area contributed by atoms with Gasteiger partial charge in [0.15, 0.2) is 5.11 Å². The summed E-state index contributed by atoms with van der Waals surface area (Å²) in [6, 6.07) is 18.3. The van der Waals surface area contributed by atoms with Gasteiger partial charge in [0.25, 0.3) is 5.91 Å². The Labute approximate surface area is 224 Å². The minimum Gasteiger partial charge on any atom is -0.445 e. The summed E-state index contributed by atoms with van der Waals surface area (Å²) >= 11 is 5.52. The Bertz CT molecular complexity index is 1120. The van der Waals surface area contributed by atoms with Crippen LogP contribution in [0.2, 0.25) is 0 Å². The molecule has 1 fully saturated rings. The van der Waals surface area contributed by atoms with E-state index in [4.69, 9.17) is 17.0 Å². The number of hydrogen-bond acceptors (Lipinski definition) is 5. The quantitative estimate of drug-likeness (QED) is 0.331. The number of aliphatic hydroxyl groups is 1. The number of hydrogen-bond donors (Lipinski definition) is 3. The van der Waals surface area contributed by atoms with Gasteiger partial charge in [0, 0.05) is 18.0 Å². The van der Waals surface area contributed by atoms with Gasteiger partial charge < -0.3 is 20.1 Å². The fourth-order valence-corrected chi connectivity index (χ4v) is 4.77. The highest BCUT2D eigenvalue weighted by atomic mass is 32.1. The number of carbonyl (C=O) groups excluding carboxylic acids is 2. The van der Waals surface area contributed by atoms with Crippen molar-refractivity contribution in [2.75, 3.05) is 26.3 Å². The fraction of sp³-hybridized carbons (Fsp3) is 0.345. The van der Waals surface area contributed by atoms with E-state index in [1.807, 2.05) is 55.5 Å². The number of aliphatic hydroxyl groups excluding tert-OH is 1. The second-order valence-corrected chi connectivity index (χ2v) is 9.40. The van der Waals surface area contributed by atoms with E-state index in [9.17, 15) is 14.7 Å². The molecule has 2 amide bonds. The van der Waals surface area contributed by atoms with Crippen LogP contribution in [0, 0.1) is 5.92 Å². The number of amides is 2. The Morgan fingerprint density at radius 2 is 1.84 bits per heavy atom. The molecule has 1 heterocycles. The number of nitrogens with zero attached hydrogens (tertiary/aromatic N) is 1. The summed E-state index contributed by atoms with van der Waals surface area (Å²) in [7, 11) is 0. The average Bonchev–Trinajstić information content (AvgIpc) is 3.30. The van der Waals surface area contributed by atoms with E-state index in [1.54, 1.807) is 29.2 Å². The standard InChI is InChI=1S/C29H35N3O4S/c1-3-5-13-22(12-4-2)20-36-28(35)32-18-25(19-33)29(21-32,24-16-10-7-11-17-24)31-27(37)30-26(34)23-14-8-6-9-15-23/h4,6-17,25,33H,3,5,18-21H2,1-2H3,(H2,30,31,34,37). The first-order valence-electron chi connectivity index (χ1n) is 12.5. The van der Waals surface area contributed by atoms with Crippen molar-refractivity contribution < 1.29 is 19.4 Å². The first kappa shape index (κ1) is 28.1. The smallest absolute Gasteiger partial charge is 0.410 e. The fourth-order valence-electron chi connectivity index (χ4n) is 4.50. The van der Waals surface area contributed by atoms with E-state index in [-0.39, 0.29) is 43.2 Å². The van der Waals surface area contributed by atoms with Crippen molar-refractivity contribution in [3.8, 4) is 0 Å². The molecule has 1 saturated heterocycles. The van der Waals surface area contributed by atoms with Crippen molar-refractivity contribution in [3.05, 3.63) is 95.6 Å². The van der Waals surface area contributed by atoms with Crippen LogP contribution in [0.3, 0.4) is 0 Å². The summed E-state index contributed by atoms with van der Waals surface area (Å²) in [4.78, 5) is 27.4. The summed E-state index contributed by atoms with van der Waals surface area (Å²) in [5.41, 5.74) is 1.34. The average molecular weight is 522 g/mol.